The van der Waals surface area contributed by atoms with Crippen molar-refractivity contribution in [2.24, 2.45) is 5.92 Å². The van der Waals surface area contributed by atoms with Crippen LogP contribution in [0, 0.1) is 5.92 Å². The van der Waals surface area contributed by atoms with Crippen LogP contribution in [-0.2, 0) is 19.8 Å². The number of fused-ring (bicyclic) bond motifs is 1. The summed E-state index contributed by atoms with van der Waals surface area (Å²) in [6.45, 7) is 7.16. The number of nitrogens with one attached hydrogen (secondary N) is 1. The molecule has 1 aromatic heterocycles. The van der Waals surface area contributed by atoms with E-state index in [0.29, 0.717) is 44.2 Å². The van der Waals surface area contributed by atoms with E-state index in [2.05, 4.69) is 41.7 Å². The molecule has 1 aliphatic rings. The molecule has 2 amide bonds. The molecule has 1 saturated heterocycles. The van der Waals surface area contributed by atoms with Crippen molar-refractivity contribution in [3.05, 3.63) is 126 Å². The topological polar surface area (TPSA) is 94.9 Å². The average molecular weight is 661 g/mol. The zero-order chi connectivity index (χ0) is 34.4. The number of hydrogen-bond acceptors (Lipinski definition) is 6. The molecule has 0 saturated carbocycles. The smallest absolute Gasteiger partial charge is 0.410 e. The third-order valence-corrected chi connectivity index (χ3v) is 8.79. The van der Waals surface area contributed by atoms with E-state index < -0.39 is 23.2 Å². The summed E-state index contributed by atoms with van der Waals surface area (Å²) in [4.78, 5) is 28.6. The second-order valence-corrected chi connectivity index (χ2v) is 13.3. The van der Waals surface area contributed by atoms with E-state index in [0.717, 1.165) is 27.6 Å². The molecule has 49 heavy (non-hydrogen) atoms. The number of rotatable bonds is 10. The lowest BCUT2D eigenvalue weighted by molar-refractivity contribution is -0.121. The van der Waals surface area contributed by atoms with Crippen LogP contribution in [0.1, 0.15) is 50.3 Å². The zero-order valence-corrected chi connectivity index (χ0v) is 28.6. The monoisotopic (exact) mass is 660 g/mol. The number of likely N-dealkylation sites (tertiary alicyclic amines) is 1. The van der Waals surface area contributed by atoms with E-state index >= 15 is 0 Å². The maximum absolute atomic E-state index is 14.0. The van der Waals surface area contributed by atoms with Gasteiger partial charge in [-0.25, -0.2) is 9.48 Å². The van der Waals surface area contributed by atoms with Crippen LogP contribution in [0.5, 0.6) is 5.75 Å². The minimum Gasteiger partial charge on any atom is -0.491 e. The lowest BCUT2D eigenvalue weighted by atomic mass is 9.77. The fourth-order valence-electron chi connectivity index (χ4n) is 6.59. The Morgan fingerprint density at radius 3 is 1.98 bits per heavy atom. The molecule has 1 aliphatic heterocycles. The summed E-state index contributed by atoms with van der Waals surface area (Å²) in [6, 6.07) is 36.7. The molecule has 1 N–H and O–H groups in total. The third-order valence-electron chi connectivity index (χ3n) is 8.79. The summed E-state index contributed by atoms with van der Waals surface area (Å²) >= 11 is 0. The van der Waals surface area contributed by atoms with Crippen LogP contribution in [0.3, 0.4) is 0 Å². The van der Waals surface area contributed by atoms with E-state index in [-0.39, 0.29) is 12.5 Å². The second-order valence-electron chi connectivity index (χ2n) is 13.3. The van der Waals surface area contributed by atoms with E-state index in [1.54, 1.807) is 12.0 Å². The number of carbonyl (C=O) groups excluding carboxylic acids is 2. The number of amides is 2. The Morgan fingerprint density at radius 2 is 1.43 bits per heavy atom. The lowest BCUT2D eigenvalue weighted by Crippen LogP contribution is -2.45. The van der Waals surface area contributed by atoms with Crippen molar-refractivity contribution in [1.82, 2.24) is 14.7 Å². The Labute approximate surface area is 287 Å². The predicted molar refractivity (Wildman–Crippen MR) is 191 cm³/mol. The predicted octanol–water partition coefficient (Wildman–Crippen LogP) is 7.49. The molecule has 0 aliphatic carbocycles. The van der Waals surface area contributed by atoms with E-state index in [1.807, 2.05) is 98.2 Å². The normalized spacial score (nSPS) is 15.2. The highest BCUT2D eigenvalue weighted by molar-refractivity contribution is 6.01. The van der Waals surface area contributed by atoms with Gasteiger partial charge in [0.15, 0.2) is 5.82 Å². The molecule has 254 valence electrons. The van der Waals surface area contributed by atoms with Gasteiger partial charge >= 0.3 is 6.09 Å². The van der Waals surface area contributed by atoms with Crippen LogP contribution in [-0.4, -0.2) is 65.7 Å². The van der Waals surface area contributed by atoms with Crippen molar-refractivity contribution in [2.75, 3.05) is 38.7 Å². The van der Waals surface area contributed by atoms with Crippen molar-refractivity contribution in [3.63, 3.8) is 0 Å². The van der Waals surface area contributed by atoms with Crippen LogP contribution in [0.2, 0.25) is 0 Å². The number of aromatic nitrogens is 2. The molecule has 1 atom stereocenters. The first-order valence-corrected chi connectivity index (χ1v) is 16.8. The highest BCUT2D eigenvalue weighted by Gasteiger charge is 2.41. The number of piperidine rings is 1. The van der Waals surface area contributed by atoms with Gasteiger partial charge in [0.1, 0.15) is 23.5 Å². The van der Waals surface area contributed by atoms with Gasteiger partial charge in [-0.1, -0.05) is 91.0 Å². The van der Waals surface area contributed by atoms with Gasteiger partial charge in [-0.3, -0.25) is 4.79 Å². The molecule has 2 heterocycles. The molecule has 0 bridgehead atoms. The summed E-state index contributed by atoms with van der Waals surface area (Å²) in [5, 5.41) is 9.17. The van der Waals surface area contributed by atoms with Crippen LogP contribution >= 0.6 is 0 Å². The van der Waals surface area contributed by atoms with Crippen LogP contribution < -0.4 is 10.1 Å². The SMILES string of the molecule is COCCOc1ccc2c(c1)c(NC(=O)[C@@H]1CCCN(C(=O)OC(C)(C)C)C1)nn2C(c1ccccc1)(c1ccccc1)c1ccccc1. The molecule has 0 spiro atoms. The second kappa shape index (κ2) is 14.5. The van der Waals surface area contributed by atoms with Crippen LogP contribution in [0.15, 0.2) is 109 Å². The molecule has 0 unspecified atom stereocenters. The number of anilines is 1. The minimum absolute atomic E-state index is 0.199. The van der Waals surface area contributed by atoms with Gasteiger partial charge in [-0.05, 0) is 68.5 Å². The lowest BCUT2D eigenvalue weighted by Gasteiger charge is -2.37. The highest BCUT2D eigenvalue weighted by Crippen LogP contribution is 2.44. The standard InChI is InChI=1S/C40H44N4O5/c1-39(2,3)49-38(46)43-24-14-15-29(28-43)37(45)41-36-34-27-33(48-26-25-47-4)22-23-35(34)44(42-36)40(30-16-8-5-9-17-30,31-18-10-6-11-19-31)32-20-12-7-13-21-32/h5-13,16-23,27,29H,14-15,24-26,28H2,1-4H3,(H,41,42,45)/t29-/m1/s1. The first kappa shape index (κ1) is 33.7. The number of nitrogens with zero attached hydrogens (tertiary/aromatic N) is 3. The van der Waals surface area contributed by atoms with Gasteiger partial charge in [0.2, 0.25) is 5.91 Å². The van der Waals surface area contributed by atoms with E-state index in [4.69, 9.17) is 19.3 Å². The molecular weight excluding hydrogens is 616 g/mol. The Kier molecular flexibility index (Phi) is 10.0. The van der Waals surface area contributed by atoms with Crippen LogP contribution in [0.25, 0.3) is 10.9 Å². The van der Waals surface area contributed by atoms with Gasteiger partial charge in [-0.2, -0.15) is 5.10 Å². The summed E-state index contributed by atoms with van der Waals surface area (Å²) in [6.07, 6.45) is 0.941. The fraction of sp³-hybridized carbons (Fsp3) is 0.325. The summed E-state index contributed by atoms with van der Waals surface area (Å²) in [5.74, 6) is 0.428. The number of benzene rings is 4. The van der Waals surface area contributed by atoms with Crippen molar-refractivity contribution in [3.8, 4) is 5.75 Å². The van der Waals surface area contributed by atoms with Crippen molar-refractivity contribution in [2.45, 2.75) is 44.8 Å². The fourth-order valence-corrected chi connectivity index (χ4v) is 6.59. The Morgan fingerprint density at radius 1 is 0.837 bits per heavy atom. The molecule has 6 rings (SSSR count). The average Bonchev–Trinajstić information content (AvgIpc) is 3.46. The van der Waals surface area contributed by atoms with Crippen molar-refractivity contribution in [1.29, 1.82) is 0 Å². The van der Waals surface area contributed by atoms with Gasteiger partial charge in [0.05, 0.1) is 18.0 Å². The maximum atomic E-state index is 14.0. The Hall–Kier alpha value is -5.15. The van der Waals surface area contributed by atoms with Crippen LogP contribution in [0.4, 0.5) is 10.6 Å². The van der Waals surface area contributed by atoms with Crippen molar-refractivity contribution < 1.29 is 23.8 Å². The quantitative estimate of drug-likeness (QED) is 0.123. The van der Waals surface area contributed by atoms with Crippen molar-refractivity contribution >= 4 is 28.7 Å². The first-order chi connectivity index (χ1) is 23.7. The molecule has 4 aromatic carbocycles. The zero-order valence-electron chi connectivity index (χ0n) is 28.6. The summed E-state index contributed by atoms with van der Waals surface area (Å²) in [5.41, 5.74) is 2.32. The van der Waals surface area contributed by atoms with Gasteiger partial charge in [-0.15, -0.1) is 0 Å². The summed E-state index contributed by atoms with van der Waals surface area (Å²) in [7, 11) is 1.63. The minimum atomic E-state index is -0.901. The van der Waals surface area contributed by atoms with Gasteiger partial charge < -0.3 is 24.4 Å². The molecule has 9 nitrogen and oxygen atoms in total. The molecule has 1 fully saturated rings. The number of hydrogen-bond donors (Lipinski definition) is 1. The third kappa shape index (κ3) is 7.17. The largest absolute Gasteiger partial charge is 0.491 e. The van der Waals surface area contributed by atoms with Gasteiger partial charge in [0.25, 0.3) is 0 Å². The summed E-state index contributed by atoms with van der Waals surface area (Å²) < 4.78 is 18.9. The molecule has 9 heteroatoms. The van der Waals surface area contributed by atoms with E-state index in [1.165, 1.54) is 0 Å². The molecule has 5 aromatic rings. The number of ether oxygens (including phenoxy) is 3. The Balaban J connectivity index is 1.49. The molecule has 0 radical (unpaired) electrons. The Bertz CT molecular complexity index is 1770. The van der Waals surface area contributed by atoms with E-state index in [9.17, 15) is 9.59 Å². The maximum Gasteiger partial charge on any atom is 0.410 e. The number of carbonyl (C=O) groups is 2. The first-order valence-electron chi connectivity index (χ1n) is 16.8. The van der Waals surface area contributed by atoms with Gasteiger partial charge in [0, 0.05) is 25.6 Å². The highest BCUT2D eigenvalue weighted by atomic mass is 16.6. The number of methoxy groups -OCH3 is 1. The molecular formula is C40H44N4O5.